The van der Waals surface area contributed by atoms with E-state index >= 15 is 0 Å². The standard InChI is InChI=1S/C15H14Cl3FN2/c16-12-3-1-9(7-13(12)17)5-11(21-20)6-10-2-4-15(19)14(18)8-10/h1-4,7-8,11,21H,5-6,20H2. The largest absolute Gasteiger partial charge is 0.271 e. The van der Waals surface area contributed by atoms with Crippen LogP contribution in [0.1, 0.15) is 11.1 Å². The molecular weight excluding hydrogens is 334 g/mol. The maximum atomic E-state index is 13.1. The molecule has 21 heavy (non-hydrogen) atoms. The summed E-state index contributed by atoms with van der Waals surface area (Å²) in [6.07, 6.45) is 1.29. The maximum Gasteiger partial charge on any atom is 0.141 e. The lowest BCUT2D eigenvalue weighted by Gasteiger charge is -2.16. The monoisotopic (exact) mass is 346 g/mol. The van der Waals surface area contributed by atoms with Gasteiger partial charge in [0, 0.05) is 6.04 Å². The number of hydrogen-bond acceptors (Lipinski definition) is 2. The Bertz CT molecular complexity index is 581. The first-order chi connectivity index (χ1) is 9.99. The van der Waals surface area contributed by atoms with Gasteiger partial charge in [0.2, 0.25) is 0 Å². The van der Waals surface area contributed by atoms with E-state index in [0.29, 0.717) is 22.9 Å². The van der Waals surface area contributed by atoms with E-state index in [1.165, 1.54) is 6.07 Å². The molecule has 2 nitrogen and oxygen atoms in total. The van der Waals surface area contributed by atoms with Crippen molar-refractivity contribution in [2.24, 2.45) is 5.84 Å². The lowest BCUT2D eigenvalue weighted by molar-refractivity contribution is 0.522. The Balaban J connectivity index is 2.08. The van der Waals surface area contributed by atoms with E-state index in [-0.39, 0.29) is 11.1 Å². The van der Waals surface area contributed by atoms with Crippen LogP contribution in [0.5, 0.6) is 0 Å². The summed E-state index contributed by atoms with van der Waals surface area (Å²) in [5.74, 6) is 5.16. The highest BCUT2D eigenvalue weighted by atomic mass is 35.5. The molecule has 112 valence electrons. The molecule has 0 bridgehead atoms. The third kappa shape index (κ3) is 4.56. The van der Waals surface area contributed by atoms with Gasteiger partial charge in [-0.1, -0.05) is 46.9 Å². The van der Waals surface area contributed by atoms with Crippen molar-refractivity contribution in [1.29, 1.82) is 0 Å². The summed E-state index contributed by atoms with van der Waals surface area (Å²) in [5, 5.41) is 1.13. The van der Waals surface area contributed by atoms with Crippen LogP contribution >= 0.6 is 34.8 Å². The van der Waals surface area contributed by atoms with Crippen LogP contribution in [-0.4, -0.2) is 6.04 Å². The van der Waals surface area contributed by atoms with Crippen LogP contribution in [0.15, 0.2) is 36.4 Å². The molecule has 0 spiro atoms. The predicted octanol–water partition coefficient (Wildman–Crippen LogP) is 4.40. The molecule has 1 atom stereocenters. The third-order valence-electron chi connectivity index (χ3n) is 3.17. The predicted molar refractivity (Wildman–Crippen MR) is 86.4 cm³/mol. The maximum absolute atomic E-state index is 13.1. The summed E-state index contributed by atoms with van der Waals surface area (Å²) in [4.78, 5) is 0. The second-order valence-corrected chi connectivity index (χ2v) is 5.99. The van der Waals surface area contributed by atoms with Crippen molar-refractivity contribution in [3.63, 3.8) is 0 Å². The van der Waals surface area contributed by atoms with Gasteiger partial charge in [0.25, 0.3) is 0 Å². The zero-order valence-corrected chi connectivity index (χ0v) is 13.3. The first-order valence-corrected chi connectivity index (χ1v) is 7.47. The zero-order chi connectivity index (χ0) is 15.4. The molecule has 0 heterocycles. The van der Waals surface area contributed by atoms with Crippen molar-refractivity contribution in [2.75, 3.05) is 0 Å². The first kappa shape index (κ1) is 16.5. The fourth-order valence-electron chi connectivity index (χ4n) is 2.09. The van der Waals surface area contributed by atoms with Gasteiger partial charge in [-0.05, 0) is 48.2 Å². The number of nitrogens with one attached hydrogen (secondary N) is 1. The van der Waals surface area contributed by atoms with E-state index in [1.54, 1.807) is 18.2 Å². The molecule has 0 aliphatic carbocycles. The number of rotatable bonds is 5. The van der Waals surface area contributed by atoms with Crippen molar-refractivity contribution < 1.29 is 4.39 Å². The summed E-state index contributed by atoms with van der Waals surface area (Å²) in [6, 6.07) is 10.1. The van der Waals surface area contributed by atoms with Crippen molar-refractivity contribution in [3.05, 3.63) is 68.4 Å². The third-order valence-corrected chi connectivity index (χ3v) is 4.20. The van der Waals surface area contributed by atoms with Crippen molar-refractivity contribution >= 4 is 34.8 Å². The minimum Gasteiger partial charge on any atom is -0.271 e. The van der Waals surface area contributed by atoms with Crippen LogP contribution < -0.4 is 11.3 Å². The molecule has 3 N–H and O–H groups in total. The van der Waals surface area contributed by atoms with Crippen molar-refractivity contribution in [3.8, 4) is 0 Å². The van der Waals surface area contributed by atoms with Gasteiger partial charge in [-0.15, -0.1) is 0 Å². The molecule has 0 fully saturated rings. The molecule has 0 aliphatic heterocycles. The quantitative estimate of drug-likeness (QED) is 0.621. The second-order valence-electron chi connectivity index (χ2n) is 4.77. The van der Waals surface area contributed by atoms with Gasteiger partial charge in [-0.2, -0.15) is 0 Å². The fraction of sp³-hybridized carbons (Fsp3) is 0.200. The van der Waals surface area contributed by atoms with Gasteiger partial charge in [-0.3, -0.25) is 11.3 Å². The number of benzene rings is 2. The van der Waals surface area contributed by atoms with Crippen LogP contribution in [0.3, 0.4) is 0 Å². The molecular formula is C15H14Cl3FN2. The van der Waals surface area contributed by atoms with Gasteiger partial charge in [0.05, 0.1) is 15.1 Å². The smallest absolute Gasteiger partial charge is 0.141 e. The molecule has 1 unspecified atom stereocenters. The van der Waals surface area contributed by atoms with E-state index in [2.05, 4.69) is 5.43 Å². The first-order valence-electron chi connectivity index (χ1n) is 6.33. The Hall–Kier alpha value is -0.840. The molecule has 2 aromatic carbocycles. The van der Waals surface area contributed by atoms with Gasteiger partial charge in [-0.25, -0.2) is 4.39 Å². The number of hydrazine groups is 1. The van der Waals surface area contributed by atoms with E-state index in [9.17, 15) is 4.39 Å². The zero-order valence-electron chi connectivity index (χ0n) is 11.0. The molecule has 2 aromatic rings. The van der Waals surface area contributed by atoms with Crippen LogP contribution in [0.25, 0.3) is 0 Å². The van der Waals surface area contributed by atoms with Crippen LogP contribution in [0, 0.1) is 5.82 Å². The molecule has 0 aliphatic rings. The molecule has 0 amide bonds. The van der Waals surface area contributed by atoms with E-state index < -0.39 is 5.82 Å². The lowest BCUT2D eigenvalue weighted by Crippen LogP contribution is -2.38. The summed E-state index contributed by atoms with van der Waals surface area (Å²) >= 11 is 17.7. The highest BCUT2D eigenvalue weighted by Crippen LogP contribution is 2.24. The average Bonchev–Trinajstić information content (AvgIpc) is 2.46. The van der Waals surface area contributed by atoms with E-state index in [1.807, 2.05) is 12.1 Å². The van der Waals surface area contributed by atoms with Crippen LogP contribution in [0.2, 0.25) is 15.1 Å². The summed E-state index contributed by atoms with van der Waals surface area (Å²) in [5.41, 5.74) is 4.68. The Morgan fingerprint density at radius 2 is 1.48 bits per heavy atom. The second kappa shape index (κ2) is 7.43. The minimum atomic E-state index is -0.429. The normalized spacial score (nSPS) is 12.4. The van der Waals surface area contributed by atoms with Crippen LogP contribution in [0.4, 0.5) is 4.39 Å². The summed E-state index contributed by atoms with van der Waals surface area (Å²) < 4.78 is 13.1. The highest BCUT2D eigenvalue weighted by molar-refractivity contribution is 6.42. The Morgan fingerprint density at radius 1 is 0.905 bits per heavy atom. The van der Waals surface area contributed by atoms with Gasteiger partial charge < -0.3 is 0 Å². The Kier molecular flexibility index (Phi) is 5.85. The average molecular weight is 348 g/mol. The van der Waals surface area contributed by atoms with Gasteiger partial charge >= 0.3 is 0 Å². The van der Waals surface area contributed by atoms with E-state index in [4.69, 9.17) is 40.6 Å². The lowest BCUT2D eigenvalue weighted by atomic mass is 9.99. The molecule has 2 rings (SSSR count). The Morgan fingerprint density at radius 3 is 2.00 bits per heavy atom. The SMILES string of the molecule is NNC(Cc1ccc(F)c(Cl)c1)Cc1ccc(Cl)c(Cl)c1. The molecule has 0 aromatic heterocycles. The number of nitrogens with two attached hydrogens (primary N) is 1. The fourth-order valence-corrected chi connectivity index (χ4v) is 2.62. The van der Waals surface area contributed by atoms with Gasteiger partial charge in [0.15, 0.2) is 0 Å². The summed E-state index contributed by atoms with van der Waals surface area (Å²) in [7, 11) is 0. The van der Waals surface area contributed by atoms with Gasteiger partial charge in [0.1, 0.15) is 5.82 Å². The number of hydrogen-bond donors (Lipinski definition) is 2. The molecule has 0 saturated heterocycles. The molecule has 0 radical (unpaired) electrons. The Labute approximate surface area is 138 Å². The minimum absolute atomic E-state index is 0.0243. The van der Waals surface area contributed by atoms with Crippen molar-refractivity contribution in [1.82, 2.24) is 5.43 Å². The molecule has 0 saturated carbocycles. The van der Waals surface area contributed by atoms with Crippen molar-refractivity contribution in [2.45, 2.75) is 18.9 Å². The highest BCUT2D eigenvalue weighted by Gasteiger charge is 2.11. The molecule has 6 heteroatoms. The topological polar surface area (TPSA) is 38.0 Å². The summed E-state index contributed by atoms with van der Waals surface area (Å²) in [6.45, 7) is 0. The van der Waals surface area contributed by atoms with Crippen LogP contribution in [-0.2, 0) is 12.8 Å². The van der Waals surface area contributed by atoms with E-state index in [0.717, 1.165) is 11.1 Å². The number of halogens is 4.